The zero-order valence-corrected chi connectivity index (χ0v) is 16.0. The van der Waals surface area contributed by atoms with Gasteiger partial charge in [-0.05, 0) is 25.1 Å². The van der Waals surface area contributed by atoms with Crippen LogP contribution in [0, 0.1) is 6.92 Å². The number of aromatic nitrogens is 2. The molecule has 0 aliphatic heterocycles. The Morgan fingerprint density at radius 1 is 1.00 bits per heavy atom. The summed E-state index contributed by atoms with van der Waals surface area (Å²) in [6, 6.07) is 9.51. The molecule has 2 amide bonds. The quantitative estimate of drug-likeness (QED) is 0.487. The summed E-state index contributed by atoms with van der Waals surface area (Å²) < 4.78 is 5.12. The average molecular weight is 426 g/mol. The number of hydrogen-bond acceptors (Lipinski definition) is 5. The largest absolute Gasteiger partial charge is 0.360 e. The van der Waals surface area contributed by atoms with Crippen molar-refractivity contribution in [2.75, 3.05) is 0 Å². The Hall–Kier alpha value is -2.61. The molecule has 2 N–H and O–H groups in total. The van der Waals surface area contributed by atoms with Crippen molar-refractivity contribution in [1.29, 1.82) is 0 Å². The highest BCUT2D eigenvalue weighted by molar-refractivity contribution is 6.33. The molecule has 0 radical (unpaired) electrons. The zero-order chi connectivity index (χ0) is 19.6. The van der Waals surface area contributed by atoms with Crippen molar-refractivity contribution in [3.8, 4) is 11.3 Å². The fourth-order valence-corrected chi connectivity index (χ4v) is 3.01. The molecule has 3 rings (SSSR count). The lowest BCUT2D eigenvalue weighted by molar-refractivity contribution is 0.0846. The van der Waals surface area contributed by atoms with Crippen LogP contribution in [0.2, 0.25) is 15.3 Å². The van der Waals surface area contributed by atoms with E-state index < -0.39 is 11.8 Å². The zero-order valence-electron chi connectivity index (χ0n) is 13.7. The molecular weight excluding hydrogens is 415 g/mol. The molecule has 3 aromatic rings. The van der Waals surface area contributed by atoms with E-state index in [-0.39, 0.29) is 32.9 Å². The first-order valence-electron chi connectivity index (χ1n) is 7.51. The first kappa shape index (κ1) is 19.2. The van der Waals surface area contributed by atoms with Crippen LogP contribution < -0.4 is 10.9 Å². The van der Waals surface area contributed by atoms with Gasteiger partial charge in [0.25, 0.3) is 11.8 Å². The van der Waals surface area contributed by atoms with Crippen LogP contribution in [0.4, 0.5) is 0 Å². The van der Waals surface area contributed by atoms with Crippen molar-refractivity contribution in [2.24, 2.45) is 0 Å². The summed E-state index contributed by atoms with van der Waals surface area (Å²) in [6.45, 7) is 1.58. The van der Waals surface area contributed by atoms with E-state index >= 15 is 0 Å². The van der Waals surface area contributed by atoms with Crippen molar-refractivity contribution in [3.05, 3.63) is 68.6 Å². The van der Waals surface area contributed by atoms with Crippen LogP contribution in [0.3, 0.4) is 0 Å². The molecule has 10 heteroatoms. The van der Waals surface area contributed by atoms with Gasteiger partial charge in [0.2, 0.25) is 0 Å². The number of nitrogens with one attached hydrogen (secondary N) is 2. The van der Waals surface area contributed by atoms with E-state index in [9.17, 15) is 9.59 Å². The van der Waals surface area contributed by atoms with Crippen LogP contribution in [-0.4, -0.2) is 22.0 Å². The van der Waals surface area contributed by atoms with Gasteiger partial charge in [-0.25, -0.2) is 4.98 Å². The molecule has 27 heavy (non-hydrogen) atoms. The van der Waals surface area contributed by atoms with E-state index in [0.29, 0.717) is 10.6 Å². The highest BCUT2D eigenvalue weighted by atomic mass is 35.5. The number of benzene rings is 1. The molecule has 138 valence electrons. The minimum atomic E-state index is -0.622. The van der Waals surface area contributed by atoms with Gasteiger partial charge in [0, 0.05) is 11.1 Å². The standard InChI is InChI=1S/C17H11Cl3N4O3/c1-8-14(15(24-27-8)10-4-2-3-5-11(10)18)17(26)23-22-16(25)9-6-12(19)21-13(20)7-9/h2-7H,1H3,(H,22,25)(H,23,26). The van der Waals surface area contributed by atoms with Crippen molar-refractivity contribution >= 4 is 46.6 Å². The molecule has 2 heterocycles. The monoisotopic (exact) mass is 424 g/mol. The molecule has 0 bridgehead atoms. The van der Waals surface area contributed by atoms with Crippen LogP contribution in [0.5, 0.6) is 0 Å². The smallest absolute Gasteiger partial charge is 0.275 e. The number of aryl methyl sites for hydroxylation is 1. The van der Waals surface area contributed by atoms with Gasteiger partial charge in [-0.3, -0.25) is 20.4 Å². The predicted octanol–water partition coefficient (Wildman–Crippen LogP) is 4.08. The van der Waals surface area contributed by atoms with Gasteiger partial charge in [-0.15, -0.1) is 0 Å². The van der Waals surface area contributed by atoms with Crippen molar-refractivity contribution in [1.82, 2.24) is 21.0 Å². The van der Waals surface area contributed by atoms with E-state index in [4.69, 9.17) is 39.3 Å². The maximum absolute atomic E-state index is 12.6. The van der Waals surface area contributed by atoms with Crippen LogP contribution >= 0.6 is 34.8 Å². The van der Waals surface area contributed by atoms with E-state index in [1.54, 1.807) is 31.2 Å². The number of hydrogen-bond donors (Lipinski definition) is 2. The second-order valence-electron chi connectivity index (χ2n) is 5.35. The molecule has 0 unspecified atom stereocenters. The lowest BCUT2D eigenvalue weighted by Crippen LogP contribution is -2.42. The van der Waals surface area contributed by atoms with Crippen molar-refractivity contribution < 1.29 is 14.1 Å². The number of rotatable bonds is 3. The SMILES string of the molecule is Cc1onc(-c2ccccc2Cl)c1C(=O)NNC(=O)c1cc(Cl)nc(Cl)c1. The number of pyridine rings is 1. The van der Waals surface area contributed by atoms with E-state index in [1.165, 1.54) is 12.1 Å². The van der Waals surface area contributed by atoms with Gasteiger partial charge in [0.05, 0.1) is 5.02 Å². The average Bonchev–Trinajstić information content (AvgIpc) is 3.00. The number of nitrogens with zero attached hydrogens (tertiary/aromatic N) is 2. The highest BCUT2D eigenvalue weighted by Gasteiger charge is 2.23. The summed E-state index contributed by atoms with van der Waals surface area (Å²) in [7, 11) is 0. The maximum Gasteiger partial charge on any atom is 0.275 e. The predicted molar refractivity (Wildman–Crippen MR) is 101 cm³/mol. The third-order valence-corrected chi connectivity index (χ3v) is 4.25. The Morgan fingerprint density at radius 2 is 1.63 bits per heavy atom. The molecule has 0 saturated heterocycles. The molecule has 0 spiro atoms. The summed E-state index contributed by atoms with van der Waals surface area (Å²) in [5.41, 5.74) is 5.65. The number of carbonyl (C=O) groups excluding carboxylic acids is 2. The van der Waals surface area contributed by atoms with Crippen LogP contribution in [0.1, 0.15) is 26.5 Å². The van der Waals surface area contributed by atoms with Gasteiger partial charge in [0.15, 0.2) is 0 Å². The van der Waals surface area contributed by atoms with E-state index in [1.807, 2.05) is 0 Å². The van der Waals surface area contributed by atoms with Crippen molar-refractivity contribution in [2.45, 2.75) is 6.92 Å². The summed E-state index contributed by atoms with van der Waals surface area (Å²) in [4.78, 5) is 28.5. The van der Waals surface area contributed by atoms with Gasteiger partial charge in [-0.2, -0.15) is 0 Å². The third kappa shape index (κ3) is 4.21. The number of hydrazine groups is 1. The number of amides is 2. The Labute approximate surface area is 168 Å². The summed E-state index contributed by atoms with van der Waals surface area (Å²) in [5, 5.41) is 4.41. The Balaban J connectivity index is 1.80. The van der Waals surface area contributed by atoms with E-state index in [0.717, 1.165) is 0 Å². The Morgan fingerprint density at radius 3 is 2.30 bits per heavy atom. The van der Waals surface area contributed by atoms with Gasteiger partial charge < -0.3 is 4.52 Å². The van der Waals surface area contributed by atoms with Gasteiger partial charge in [-0.1, -0.05) is 58.2 Å². The lowest BCUT2D eigenvalue weighted by atomic mass is 10.1. The first-order valence-corrected chi connectivity index (χ1v) is 8.65. The molecule has 0 saturated carbocycles. The molecule has 0 aliphatic rings. The van der Waals surface area contributed by atoms with Gasteiger partial charge in [0.1, 0.15) is 27.3 Å². The maximum atomic E-state index is 12.6. The minimum Gasteiger partial charge on any atom is -0.360 e. The second-order valence-corrected chi connectivity index (χ2v) is 6.53. The topological polar surface area (TPSA) is 97.1 Å². The number of halogens is 3. The van der Waals surface area contributed by atoms with Crippen LogP contribution in [0.15, 0.2) is 40.9 Å². The Bertz CT molecular complexity index is 1020. The summed E-state index contributed by atoms with van der Waals surface area (Å²) in [5.74, 6) is -0.974. The number of carbonyl (C=O) groups is 2. The minimum absolute atomic E-state index is 0.0508. The van der Waals surface area contributed by atoms with Crippen LogP contribution in [0.25, 0.3) is 11.3 Å². The van der Waals surface area contributed by atoms with Crippen LogP contribution in [-0.2, 0) is 0 Å². The molecule has 0 atom stereocenters. The lowest BCUT2D eigenvalue weighted by Gasteiger charge is -2.08. The Kier molecular flexibility index (Phi) is 5.65. The first-order chi connectivity index (χ1) is 12.9. The fourth-order valence-electron chi connectivity index (χ4n) is 2.32. The molecular formula is C17H11Cl3N4O3. The molecule has 2 aromatic heterocycles. The van der Waals surface area contributed by atoms with E-state index in [2.05, 4.69) is 21.0 Å². The second kappa shape index (κ2) is 7.96. The normalized spacial score (nSPS) is 10.5. The summed E-state index contributed by atoms with van der Waals surface area (Å²) in [6.07, 6.45) is 0. The fraction of sp³-hybridized carbons (Fsp3) is 0.0588. The van der Waals surface area contributed by atoms with Crippen molar-refractivity contribution in [3.63, 3.8) is 0 Å². The van der Waals surface area contributed by atoms with Gasteiger partial charge >= 0.3 is 0 Å². The summed E-state index contributed by atoms with van der Waals surface area (Å²) >= 11 is 17.7. The molecule has 1 aromatic carbocycles. The third-order valence-electron chi connectivity index (χ3n) is 3.53. The molecule has 0 fully saturated rings. The molecule has 7 nitrogen and oxygen atoms in total. The molecule has 0 aliphatic carbocycles. The highest BCUT2D eigenvalue weighted by Crippen LogP contribution is 2.30.